The average Bonchev–Trinajstić information content (AvgIpc) is 2.39. The third-order valence-corrected chi connectivity index (χ3v) is 3.45. The summed E-state index contributed by atoms with van der Waals surface area (Å²) in [5.41, 5.74) is 5.99. The molecule has 0 radical (unpaired) electrons. The second kappa shape index (κ2) is 6.00. The number of aryl methyl sites for hydroxylation is 1. The fraction of sp³-hybridized carbons (Fsp3) is 0.692. The summed E-state index contributed by atoms with van der Waals surface area (Å²) in [6, 6.07) is 0. The molecule has 0 unspecified atom stereocenters. The Morgan fingerprint density at radius 3 is 2.33 bits per heavy atom. The molecule has 0 aliphatic heterocycles. The van der Waals surface area contributed by atoms with E-state index in [-0.39, 0.29) is 0 Å². The highest BCUT2D eigenvalue weighted by Crippen LogP contribution is 2.20. The van der Waals surface area contributed by atoms with Gasteiger partial charge in [-0.05, 0) is 19.8 Å². The Labute approximate surface area is 109 Å². The van der Waals surface area contributed by atoms with Gasteiger partial charge in [0.1, 0.15) is 17.5 Å². The predicted octanol–water partition coefficient (Wildman–Crippen LogP) is 1.89. The van der Waals surface area contributed by atoms with Gasteiger partial charge in [-0.15, -0.1) is 0 Å². The van der Waals surface area contributed by atoms with Gasteiger partial charge in [0.2, 0.25) is 0 Å². The molecule has 4 N–H and O–H groups in total. The van der Waals surface area contributed by atoms with E-state index in [1.807, 2.05) is 27.7 Å². The lowest BCUT2D eigenvalue weighted by molar-refractivity contribution is 0.0456. The van der Waals surface area contributed by atoms with Crippen LogP contribution in [0.5, 0.6) is 0 Å². The van der Waals surface area contributed by atoms with Crippen molar-refractivity contribution in [3.05, 3.63) is 11.4 Å². The maximum atomic E-state index is 10.2. The Morgan fingerprint density at radius 2 is 1.83 bits per heavy atom. The zero-order chi connectivity index (χ0) is 13.8. The first kappa shape index (κ1) is 14.7. The second-order valence-electron chi connectivity index (χ2n) is 4.64. The normalized spacial score (nSPS) is 11.6. The van der Waals surface area contributed by atoms with Crippen LogP contribution in [-0.4, -0.2) is 27.2 Å². The Bertz CT molecular complexity index is 402. The molecular weight excluding hydrogens is 228 g/mol. The summed E-state index contributed by atoms with van der Waals surface area (Å²) >= 11 is 0. The van der Waals surface area contributed by atoms with Gasteiger partial charge in [-0.3, -0.25) is 0 Å². The average molecular weight is 252 g/mol. The second-order valence-corrected chi connectivity index (χ2v) is 4.64. The molecule has 0 saturated heterocycles. The fourth-order valence-electron chi connectivity index (χ4n) is 1.66. The van der Waals surface area contributed by atoms with Gasteiger partial charge in [-0.2, -0.15) is 0 Å². The molecule has 18 heavy (non-hydrogen) atoms. The minimum absolute atomic E-state index is 0.473. The summed E-state index contributed by atoms with van der Waals surface area (Å²) in [6.07, 6.45) is 2.15. The lowest BCUT2D eigenvalue weighted by Crippen LogP contribution is -2.35. The maximum absolute atomic E-state index is 10.2. The van der Waals surface area contributed by atoms with E-state index in [2.05, 4.69) is 15.3 Å². The van der Waals surface area contributed by atoms with Gasteiger partial charge in [-0.25, -0.2) is 9.97 Å². The molecular formula is C13H24N4O. The quantitative estimate of drug-likeness (QED) is 0.720. The highest BCUT2D eigenvalue weighted by molar-refractivity contribution is 5.54. The van der Waals surface area contributed by atoms with Crippen LogP contribution in [0.4, 0.5) is 11.6 Å². The SMILES string of the molecule is CCc1nc(N)c(C)c(NCC(O)(CC)CC)n1. The Morgan fingerprint density at radius 1 is 1.22 bits per heavy atom. The van der Waals surface area contributed by atoms with E-state index in [0.29, 0.717) is 25.2 Å². The van der Waals surface area contributed by atoms with Crippen molar-refractivity contribution in [3.63, 3.8) is 0 Å². The van der Waals surface area contributed by atoms with Crippen LogP contribution in [0.1, 0.15) is 45.0 Å². The molecule has 0 saturated carbocycles. The zero-order valence-corrected chi connectivity index (χ0v) is 11.7. The van der Waals surface area contributed by atoms with Crippen LogP contribution in [0.25, 0.3) is 0 Å². The first-order valence-electron chi connectivity index (χ1n) is 6.55. The Hall–Kier alpha value is -1.36. The van der Waals surface area contributed by atoms with Gasteiger partial charge in [0.15, 0.2) is 0 Å². The third kappa shape index (κ3) is 3.32. The molecule has 0 spiro atoms. The monoisotopic (exact) mass is 252 g/mol. The van der Waals surface area contributed by atoms with Crippen molar-refractivity contribution in [1.29, 1.82) is 0 Å². The molecule has 0 aliphatic rings. The zero-order valence-electron chi connectivity index (χ0n) is 11.7. The number of anilines is 2. The summed E-state index contributed by atoms with van der Waals surface area (Å²) in [4.78, 5) is 8.61. The topological polar surface area (TPSA) is 84.1 Å². The number of nitrogens with two attached hydrogens (primary N) is 1. The molecule has 0 aromatic carbocycles. The summed E-state index contributed by atoms with van der Waals surface area (Å²) in [6.45, 7) is 8.30. The van der Waals surface area contributed by atoms with Gasteiger partial charge in [0, 0.05) is 18.5 Å². The van der Waals surface area contributed by atoms with Crippen molar-refractivity contribution < 1.29 is 5.11 Å². The predicted molar refractivity (Wildman–Crippen MR) is 74.6 cm³/mol. The van der Waals surface area contributed by atoms with Crippen molar-refractivity contribution in [2.75, 3.05) is 17.6 Å². The van der Waals surface area contributed by atoms with Crippen LogP contribution in [0.15, 0.2) is 0 Å². The summed E-state index contributed by atoms with van der Waals surface area (Å²) in [7, 11) is 0. The van der Waals surface area contributed by atoms with Crippen LogP contribution < -0.4 is 11.1 Å². The molecule has 0 aliphatic carbocycles. The highest BCUT2D eigenvalue weighted by atomic mass is 16.3. The van der Waals surface area contributed by atoms with Crippen molar-refractivity contribution in [1.82, 2.24) is 9.97 Å². The number of hydrogen-bond acceptors (Lipinski definition) is 5. The molecule has 1 rings (SSSR count). The number of nitrogens with zero attached hydrogens (tertiary/aromatic N) is 2. The first-order valence-corrected chi connectivity index (χ1v) is 6.55. The number of hydrogen-bond donors (Lipinski definition) is 3. The number of nitrogen functional groups attached to an aromatic ring is 1. The van der Waals surface area contributed by atoms with Gasteiger partial charge in [-0.1, -0.05) is 20.8 Å². The fourth-order valence-corrected chi connectivity index (χ4v) is 1.66. The van der Waals surface area contributed by atoms with Gasteiger partial charge in [0.25, 0.3) is 0 Å². The van der Waals surface area contributed by atoms with Gasteiger partial charge in [0.05, 0.1) is 5.60 Å². The van der Waals surface area contributed by atoms with E-state index in [1.165, 1.54) is 0 Å². The van der Waals surface area contributed by atoms with Crippen molar-refractivity contribution in [2.24, 2.45) is 0 Å². The minimum Gasteiger partial charge on any atom is -0.388 e. The molecule has 0 bridgehead atoms. The summed E-state index contributed by atoms with van der Waals surface area (Å²) < 4.78 is 0. The summed E-state index contributed by atoms with van der Waals surface area (Å²) in [5, 5.41) is 13.4. The summed E-state index contributed by atoms with van der Waals surface area (Å²) in [5.74, 6) is 1.94. The van der Waals surface area contributed by atoms with E-state index in [4.69, 9.17) is 5.73 Å². The molecule has 5 heteroatoms. The molecule has 0 atom stereocenters. The van der Waals surface area contributed by atoms with Crippen molar-refractivity contribution >= 4 is 11.6 Å². The smallest absolute Gasteiger partial charge is 0.134 e. The van der Waals surface area contributed by atoms with Crippen molar-refractivity contribution in [2.45, 2.75) is 52.6 Å². The van der Waals surface area contributed by atoms with E-state index >= 15 is 0 Å². The molecule has 1 heterocycles. The van der Waals surface area contributed by atoms with E-state index in [0.717, 1.165) is 23.6 Å². The van der Waals surface area contributed by atoms with Gasteiger partial charge < -0.3 is 16.2 Å². The molecule has 5 nitrogen and oxygen atoms in total. The lowest BCUT2D eigenvalue weighted by Gasteiger charge is -2.26. The standard InChI is InChI=1S/C13H24N4O/c1-5-10-16-11(14)9(4)12(17-10)15-8-13(18,6-2)7-3/h18H,5-8H2,1-4H3,(H3,14,15,16,17). The maximum Gasteiger partial charge on any atom is 0.134 e. The number of aromatic nitrogens is 2. The third-order valence-electron chi connectivity index (χ3n) is 3.45. The Balaban J connectivity index is 2.87. The van der Waals surface area contributed by atoms with Crippen LogP contribution in [0, 0.1) is 6.92 Å². The van der Waals surface area contributed by atoms with Crippen LogP contribution in [0.2, 0.25) is 0 Å². The van der Waals surface area contributed by atoms with Crippen LogP contribution in [-0.2, 0) is 6.42 Å². The number of rotatable bonds is 6. The molecule has 0 amide bonds. The lowest BCUT2D eigenvalue weighted by atomic mass is 9.97. The van der Waals surface area contributed by atoms with Crippen LogP contribution in [0.3, 0.4) is 0 Å². The minimum atomic E-state index is -0.696. The van der Waals surface area contributed by atoms with E-state index in [9.17, 15) is 5.11 Å². The Kier molecular flexibility index (Phi) is 4.90. The van der Waals surface area contributed by atoms with Crippen LogP contribution >= 0.6 is 0 Å². The molecule has 0 fully saturated rings. The number of nitrogens with one attached hydrogen (secondary N) is 1. The van der Waals surface area contributed by atoms with E-state index in [1.54, 1.807) is 0 Å². The molecule has 1 aromatic rings. The molecule has 1 aromatic heterocycles. The van der Waals surface area contributed by atoms with Gasteiger partial charge >= 0.3 is 0 Å². The highest BCUT2D eigenvalue weighted by Gasteiger charge is 2.22. The van der Waals surface area contributed by atoms with E-state index < -0.39 is 5.60 Å². The first-order chi connectivity index (χ1) is 8.45. The molecule has 102 valence electrons. The largest absolute Gasteiger partial charge is 0.388 e. The number of aliphatic hydroxyl groups is 1. The van der Waals surface area contributed by atoms with Crippen molar-refractivity contribution in [3.8, 4) is 0 Å².